The molecule has 2 aliphatic heterocycles. The second-order valence-corrected chi connectivity index (χ2v) is 6.51. The zero-order valence-corrected chi connectivity index (χ0v) is 13.8. The van der Waals surface area contributed by atoms with Gasteiger partial charge in [-0.15, -0.1) is 0 Å². The molecule has 1 aromatic heterocycles. The van der Waals surface area contributed by atoms with Crippen molar-refractivity contribution in [3.8, 4) is 0 Å². The van der Waals surface area contributed by atoms with Gasteiger partial charge >= 0.3 is 0 Å². The van der Waals surface area contributed by atoms with Gasteiger partial charge in [-0.1, -0.05) is 30.3 Å². The Morgan fingerprint density at radius 3 is 2.80 bits per heavy atom. The molecular formula is C20H19N3O2. The average molecular weight is 333 g/mol. The second kappa shape index (κ2) is 6.51. The summed E-state index contributed by atoms with van der Waals surface area (Å²) in [6, 6.07) is 12.3. The second-order valence-electron chi connectivity index (χ2n) is 6.51. The van der Waals surface area contributed by atoms with Gasteiger partial charge in [-0.25, -0.2) is 4.98 Å². The molecule has 2 amide bonds. The Morgan fingerprint density at radius 2 is 2.00 bits per heavy atom. The highest BCUT2D eigenvalue weighted by Gasteiger charge is 2.30. The van der Waals surface area contributed by atoms with Crippen LogP contribution < -0.4 is 5.32 Å². The Morgan fingerprint density at radius 1 is 1.20 bits per heavy atom. The number of nitrogens with one attached hydrogen (secondary N) is 1. The Hall–Kier alpha value is -2.95. The third-order valence-electron chi connectivity index (χ3n) is 4.75. The summed E-state index contributed by atoms with van der Waals surface area (Å²) in [5.41, 5.74) is 3.18. The van der Waals surface area contributed by atoms with Crippen LogP contribution in [0.25, 0.3) is 6.08 Å². The molecule has 0 atom stereocenters. The van der Waals surface area contributed by atoms with Gasteiger partial charge in [0.15, 0.2) is 0 Å². The maximum Gasteiger partial charge on any atom is 0.246 e. The zero-order chi connectivity index (χ0) is 17.2. The quantitative estimate of drug-likeness (QED) is 0.878. The van der Waals surface area contributed by atoms with Crippen LogP contribution in [0.3, 0.4) is 0 Å². The van der Waals surface area contributed by atoms with Crippen LogP contribution in [-0.4, -0.2) is 34.8 Å². The lowest BCUT2D eigenvalue weighted by Crippen LogP contribution is -2.47. The van der Waals surface area contributed by atoms with Gasteiger partial charge < -0.3 is 10.2 Å². The molecule has 3 heterocycles. The molecule has 126 valence electrons. The topological polar surface area (TPSA) is 62.3 Å². The van der Waals surface area contributed by atoms with E-state index in [1.165, 1.54) is 5.56 Å². The lowest BCUT2D eigenvalue weighted by Gasteiger charge is -2.39. The van der Waals surface area contributed by atoms with Gasteiger partial charge in [0.25, 0.3) is 0 Å². The minimum atomic E-state index is 0.00391. The van der Waals surface area contributed by atoms with Crippen molar-refractivity contribution in [2.45, 2.75) is 18.8 Å². The van der Waals surface area contributed by atoms with Crippen molar-refractivity contribution in [1.82, 2.24) is 9.88 Å². The van der Waals surface area contributed by atoms with Gasteiger partial charge in [0.1, 0.15) is 5.82 Å². The van der Waals surface area contributed by atoms with Gasteiger partial charge in [-0.3, -0.25) is 9.59 Å². The van der Waals surface area contributed by atoms with E-state index in [0.717, 1.165) is 24.2 Å². The molecule has 0 aliphatic carbocycles. The van der Waals surface area contributed by atoms with Crippen LogP contribution in [0.15, 0.2) is 48.7 Å². The Kier molecular flexibility index (Phi) is 4.06. The van der Waals surface area contributed by atoms with Crippen molar-refractivity contribution in [2.24, 2.45) is 0 Å². The summed E-state index contributed by atoms with van der Waals surface area (Å²) < 4.78 is 0. The van der Waals surface area contributed by atoms with Crippen LogP contribution in [0.5, 0.6) is 0 Å². The lowest BCUT2D eigenvalue weighted by molar-refractivity contribution is -0.130. The fraction of sp³-hybridized carbons (Fsp3) is 0.250. The van der Waals surface area contributed by atoms with Crippen molar-refractivity contribution in [1.29, 1.82) is 0 Å². The number of rotatable bonds is 3. The number of hydrogen-bond acceptors (Lipinski definition) is 3. The summed E-state index contributed by atoms with van der Waals surface area (Å²) in [5, 5.41) is 2.76. The highest BCUT2D eigenvalue weighted by atomic mass is 16.2. The number of anilines is 1. The number of aromatic nitrogens is 1. The van der Waals surface area contributed by atoms with Crippen LogP contribution in [0.2, 0.25) is 0 Å². The molecule has 4 rings (SSSR count). The standard InChI is InChI=1S/C20H19N3O2/c24-18-8-7-16-10-14(11-21-20(16)22-18)6-9-19(25)23-12-17(13-23)15-4-2-1-3-5-15/h1-6,9-11,17H,7-8,12-13H2,(H,21,22,24)/b9-6+. The van der Waals surface area contributed by atoms with Crippen molar-refractivity contribution in [3.63, 3.8) is 0 Å². The fourth-order valence-electron chi connectivity index (χ4n) is 3.23. The lowest BCUT2D eigenvalue weighted by atomic mass is 9.91. The molecule has 0 unspecified atom stereocenters. The Bertz CT molecular complexity index is 839. The summed E-state index contributed by atoms with van der Waals surface area (Å²) in [7, 11) is 0. The van der Waals surface area contributed by atoms with Crippen molar-refractivity contribution < 1.29 is 9.59 Å². The van der Waals surface area contributed by atoms with E-state index in [4.69, 9.17) is 0 Å². The highest BCUT2D eigenvalue weighted by molar-refractivity contribution is 5.94. The smallest absolute Gasteiger partial charge is 0.246 e. The number of benzene rings is 1. The predicted molar refractivity (Wildman–Crippen MR) is 96.0 cm³/mol. The van der Waals surface area contributed by atoms with Crippen molar-refractivity contribution >= 4 is 23.7 Å². The minimum Gasteiger partial charge on any atom is -0.338 e. The van der Waals surface area contributed by atoms with E-state index in [1.54, 1.807) is 18.3 Å². The highest BCUT2D eigenvalue weighted by Crippen LogP contribution is 2.27. The first-order valence-corrected chi connectivity index (χ1v) is 8.50. The summed E-state index contributed by atoms with van der Waals surface area (Å²) >= 11 is 0. The maximum absolute atomic E-state index is 12.3. The molecule has 1 fully saturated rings. The third kappa shape index (κ3) is 3.31. The number of hydrogen-bond donors (Lipinski definition) is 1. The van der Waals surface area contributed by atoms with Crippen LogP contribution >= 0.6 is 0 Å². The molecule has 0 spiro atoms. The van der Waals surface area contributed by atoms with E-state index in [0.29, 0.717) is 24.6 Å². The number of nitrogens with zero attached hydrogens (tertiary/aromatic N) is 2. The normalized spacial score (nSPS) is 17.1. The Balaban J connectivity index is 1.36. The molecule has 2 aromatic rings. The zero-order valence-electron chi connectivity index (χ0n) is 13.8. The van der Waals surface area contributed by atoms with Crippen molar-refractivity contribution in [2.75, 3.05) is 18.4 Å². The van der Waals surface area contributed by atoms with E-state index in [2.05, 4.69) is 22.4 Å². The molecule has 1 N–H and O–H groups in total. The summed E-state index contributed by atoms with van der Waals surface area (Å²) in [4.78, 5) is 29.7. The molecule has 1 aromatic carbocycles. The maximum atomic E-state index is 12.3. The van der Waals surface area contributed by atoms with Crippen LogP contribution in [0.1, 0.15) is 29.0 Å². The number of carbonyl (C=O) groups is 2. The van der Waals surface area contributed by atoms with Crippen LogP contribution in [0.4, 0.5) is 5.82 Å². The van der Waals surface area contributed by atoms with Gasteiger partial charge in [-0.2, -0.15) is 0 Å². The average Bonchev–Trinajstić information content (AvgIpc) is 2.59. The number of amides is 2. The predicted octanol–water partition coefficient (Wildman–Crippen LogP) is 2.61. The summed E-state index contributed by atoms with van der Waals surface area (Å²) in [6.45, 7) is 1.53. The molecule has 5 nitrogen and oxygen atoms in total. The van der Waals surface area contributed by atoms with Gasteiger partial charge in [0.2, 0.25) is 11.8 Å². The number of pyridine rings is 1. The van der Waals surface area contributed by atoms with Crippen molar-refractivity contribution in [3.05, 3.63) is 65.4 Å². The molecule has 1 saturated heterocycles. The third-order valence-corrected chi connectivity index (χ3v) is 4.75. The Labute approximate surface area is 146 Å². The van der Waals surface area contributed by atoms with Crippen LogP contribution in [0, 0.1) is 0 Å². The molecule has 0 radical (unpaired) electrons. The van der Waals surface area contributed by atoms with E-state index < -0.39 is 0 Å². The van der Waals surface area contributed by atoms with Gasteiger partial charge in [0.05, 0.1) is 0 Å². The van der Waals surface area contributed by atoms with E-state index in [1.807, 2.05) is 29.2 Å². The first-order chi connectivity index (χ1) is 12.2. The summed E-state index contributed by atoms with van der Waals surface area (Å²) in [5.74, 6) is 1.10. The van der Waals surface area contributed by atoms with Crippen LogP contribution in [-0.2, 0) is 16.0 Å². The first kappa shape index (κ1) is 15.6. The number of aryl methyl sites for hydroxylation is 1. The summed E-state index contributed by atoms with van der Waals surface area (Å²) in [6.07, 6.45) is 6.25. The van der Waals surface area contributed by atoms with Gasteiger partial charge in [0, 0.05) is 37.7 Å². The molecule has 5 heteroatoms. The number of likely N-dealkylation sites (tertiary alicyclic amines) is 1. The van der Waals surface area contributed by atoms with E-state index in [-0.39, 0.29) is 11.8 Å². The number of carbonyl (C=O) groups excluding carboxylic acids is 2. The SMILES string of the molecule is O=C1CCc2cc(/C=C/C(=O)N3CC(c4ccccc4)C3)cnc2N1. The number of fused-ring (bicyclic) bond motifs is 1. The molecule has 0 saturated carbocycles. The molecular weight excluding hydrogens is 314 g/mol. The first-order valence-electron chi connectivity index (χ1n) is 8.50. The molecule has 2 aliphatic rings. The monoisotopic (exact) mass is 333 g/mol. The minimum absolute atomic E-state index is 0.00391. The molecule has 0 bridgehead atoms. The van der Waals surface area contributed by atoms with E-state index in [9.17, 15) is 9.59 Å². The molecule has 25 heavy (non-hydrogen) atoms. The van der Waals surface area contributed by atoms with Gasteiger partial charge in [-0.05, 0) is 35.3 Å². The van der Waals surface area contributed by atoms with E-state index >= 15 is 0 Å². The largest absolute Gasteiger partial charge is 0.338 e. The fourth-order valence-corrected chi connectivity index (χ4v) is 3.23.